The van der Waals surface area contributed by atoms with E-state index in [2.05, 4.69) is 31.2 Å². The summed E-state index contributed by atoms with van der Waals surface area (Å²) in [6.45, 7) is 3.61. The topological polar surface area (TPSA) is 35.2 Å². The summed E-state index contributed by atoms with van der Waals surface area (Å²) in [7, 11) is 0. The highest BCUT2D eigenvalue weighted by atomic mass is 16.5. The van der Waals surface area contributed by atoms with E-state index in [0.717, 1.165) is 6.61 Å². The first-order valence-electron chi connectivity index (χ1n) is 6.20. The molecule has 0 aliphatic heterocycles. The molecule has 88 valence electrons. The van der Waals surface area contributed by atoms with Gasteiger partial charge in [0.05, 0.1) is 12.7 Å². The maximum Gasteiger partial charge on any atom is 0.0720 e. The van der Waals surface area contributed by atoms with Crippen LogP contribution in [0.15, 0.2) is 24.3 Å². The predicted molar refractivity (Wildman–Crippen MR) is 66.3 cm³/mol. The lowest BCUT2D eigenvalue weighted by Crippen LogP contribution is -2.21. The SMILES string of the molecule is CC(CN)c1ccc(COC2CCC2)cc1. The molecule has 0 spiro atoms. The Labute approximate surface area is 97.8 Å². The van der Waals surface area contributed by atoms with E-state index in [-0.39, 0.29) is 0 Å². The first kappa shape index (κ1) is 11.6. The molecule has 1 unspecified atom stereocenters. The summed E-state index contributed by atoms with van der Waals surface area (Å²) in [5, 5.41) is 0. The molecule has 0 amide bonds. The molecule has 0 saturated heterocycles. The third-order valence-electron chi connectivity index (χ3n) is 3.44. The number of benzene rings is 1. The van der Waals surface area contributed by atoms with Crippen LogP contribution in [0.1, 0.15) is 43.2 Å². The van der Waals surface area contributed by atoms with Crippen LogP contribution in [0, 0.1) is 0 Å². The molecule has 2 N–H and O–H groups in total. The second-order valence-electron chi connectivity index (χ2n) is 4.74. The van der Waals surface area contributed by atoms with Crippen molar-refractivity contribution in [1.82, 2.24) is 0 Å². The Balaban J connectivity index is 1.85. The van der Waals surface area contributed by atoms with Crippen molar-refractivity contribution < 1.29 is 4.74 Å². The minimum Gasteiger partial charge on any atom is -0.374 e. The Bertz CT molecular complexity index is 316. The minimum atomic E-state index is 0.446. The van der Waals surface area contributed by atoms with Crippen LogP contribution < -0.4 is 5.73 Å². The van der Waals surface area contributed by atoms with Crippen molar-refractivity contribution in [3.05, 3.63) is 35.4 Å². The zero-order valence-corrected chi connectivity index (χ0v) is 9.99. The van der Waals surface area contributed by atoms with Gasteiger partial charge in [-0.05, 0) is 42.9 Å². The van der Waals surface area contributed by atoms with Crippen LogP contribution in [0.2, 0.25) is 0 Å². The van der Waals surface area contributed by atoms with Crippen molar-refractivity contribution >= 4 is 0 Å². The van der Waals surface area contributed by atoms with Gasteiger partial charge in [0, 0.05) is 0 Å². The van der Waals surface area contributed by atoms with Gasteiger partial charge in [-0.3, -0.25) is 0 Å². The lowest BCUT2D eigenvalue weighted by atomic mass is 9.96. The molecule has 2 heteroatoms. The Kier molecular flexibility index (Phi) is 3.97. The largest absolute Gasteiger partial charge is 0.374 e. The molecule has 1 aliphatic rings. The molecular formula is C14H21NO. The van der Waals surface area contributed by atoms with Crippen molar-refractivity contribution in [3.63, 3.8) is 0 Å². The van der Waals surface area contributed by atoms with Gasteiger partial charge in [0.2, 0.25) is 0 Å². The van der Waals surface area contributed by atoms with Gasteiger partial charge in [-0.15, -0.1) is 0 Å². The molecule has 1 aliphatic carbocycles. The summed E-state index contributed by atoms with van der Waals surface area (Å²) in [4.78, 5) is 0. The van der Waals surface area contributed by atoms with E-state index in [1.807, 2.05) is 0 Å². The van der Waals surface area contributed by atoms with Gasteiger partial charge in [0.1, 0.15) is 0 Å². The standard InChI is InChI=1S/C14H21NO/c1-11(9-15)13-7-5-12(6-8-13)10-16-14-3-2-4-14/h5-8,11,14H,2-4,9-10,15H2,1H3. The summed E-state index contributed by atoms with van der Waals surface area (Å²) >= 11 is 0. The maximum atomic E-state index is 5.77. The fourth-order valence-corrected chi connectivity index (χ4v) is 1.83. The van der Waals surface area contributed by atoms with Gasteiger partial charge in [-0.25, -0.2) is 0 Å². The quantitative estimate of drug-likeness (QED) is 0.826. The zero-order valence-electron chi connectivity index (χ0n) is 9.99. The predicted octanol–water partition coefficient (Wildman–Crippen LogP) is 2.82. The molecule has 16 heavy (non-hydrogen) atoms. The van der Waals surface area contributed by atoms with Crippen molar-refractivity contribution in [3.8, 4) is 0 Å². The third kappa shape index (κ3) is 2.83. The molecule has 1 aromatic carbocycles. The second kappa shape index (κ2) is 5.46. The minimum absolute atomic E-state index is 0.446. The first-order valence-corrected chi connectivity index (χ1v) is 6.20. The molecule has 0 bridgehead atoms. The number of nitrogens with two attached hydrogens (primary N) is 1. The lowest BCUT2D eigenvalue weighted by Gasteiger charge is -2.25. The lowest BCUT2D eigenvalue weighted by molar-refractivity contribution is -0.00866. The summed E-state index contributed by atoms with van der Waals surface area (Å²) in [6, 6.07) is 8.63. The van der Waals surface area contributed by atoms with Crippen molar-refractivity contribution in [2.24, 2.45) is 5.73 Å². The zero-order chi connectivity index (χ0) is 11.4. The van der Waals surface area contributed by atoms with Crippen molar-refractivity contribution in [2.75, 3.05) is 6.54 Å². The van der Waals surface area contributed by atoms with Crippen LogP contribution in [-0.4, -0.2) is 12.6 Å². The van der Waals surface area contributed by atoms with E-state index < -0.39 is 0 Å². The Morgan fingerprint density at radius 2 is 2.00 bits per heavy atom. The van der Waals surface area contributed by atoms with E-state index in [9.17, 15) is 0 Å². The molecule has 2 rings (SSSR count). The van der Waals surface area contributed by atoms with Crippen LogP contribution in [-0.2, 0) is 11.3 Å². The van der Waals surface area contributed by atoms with Gasteiger partial charge in [-0.2, -0.15) is 0 Å². The first-order chi connectivity index (χ1) is 7.79. The fraction of sp³-hybridized carbons (Fsp3) is 0.571. The number of hydrogen-bond acceptors (Lipinski definition) is 2. The highest BCUT2D eigenvalue weighted by Crippen LogP contribution is 2.23. The van der Waals surface area contributed by atoms with Crippen LogP contribution >= 0.6 is 0 Å². The smallest absolute Gasteiger partial charge is 0.0720 e. The summed E-state index contributed by atoms with van der Waals surface area (Å²) in [5.74, 6) is 0.446. The average Bonchev–Trinajstić information content (AvgIpc) is 2.27. The molecule has 1 saturated carbocycles. The summed E-state index contributed by atoms with van der Waals surface area (Å²) in [5.41, 5.74) is 8.22. The van der Waals surface area contributed by atoms with E-state index in [1.54, 1.807) is 0 Å². The molecule has 1 fully saturated rings. The van der Waals surface area contributed by atoms with E-state index in [0.29, 0.717) is 18.6 Å². The molecule has 1 aromatic rings. The van der Waals surface area contributed by atoms with Gasteiger partial charge in [0.25, 0.3) is 0 Å². The van der Waals surface area contributed by atoms with Gasteiger partial charge < -0.3 is 10.5 Å². The highest BCUT2D eigenvalue weighted by Gasteiger charge is 2.17. The van der Waals surface area contributed by atoms with Crippen LogP contribution in [0.25, 0.3) is 0 Å². The van der Waals surface area contributed by atoms with E-state index >= 15 is 0 Å². The van der Waals surface area contributed by atoms with Gasteiger partial charge >= 0.3 is 0 Å². The number of ether oxygens (including phenoxy) is 1. The number of hydrogen-bond donors (Lipinski definition) is 1. The number of rotatable bonds is 5. The monoisotopic (exact) mass is 219 g/mol. The van der Waals surface area contributed by atoms with E-state index in [1.165, 1.54) is 30.4 Å². The molecule has 0 radical (unpaired) electrons. The molecule has 2 nitrogen and oxygen atoms in total. The molecule has 0 heterocycles. The van der Waals surface area contributed by atoms with Crippen LogP contribution in [0.4, 0.5) is 0 Å². The maximum absolute atomic E-state index is 5.77. The summed E-state index contributed by atoms with van der Waals surface area (Å²) < 4.78 is 5.77. The van der Waals surface area contributed by atoms with Crippen molar-refractivity contribution in [1.29, 1.82) is 0 Å². The molecular weight excluding hydrogens is 198 g/mol. The Hall–Kier alpha value is -0.860. The summed E-state index contributed by atoms with van der Waals surface area (Å²) in [6.07, 6.45) is 4.32. The average molecular weight is 219 g/mol. The van der Waals surface area contributed by atoms with Crippen molar-refractivity contribution in [2.45, 2.75) is 44.8 Å². The molecule has 0 aromatic heterocycles. The van der Waals surface area contributed by atoms with Gasteiger partial charge in [-0.1, -0.05) is 31.2 Å². The second-order valence-corrected chi connectivity index (χ2v) is 4.74. The normalized spacial score (nSPS) is 18.1. The molecule has 1 atom stereocenters. The third-order valence-corrected chi connectivity index (χ3v) is 3.44. The van der Waals surface area contributed by atoms with Crippen LogP contribution in [0.3, 0.4) is 0 Å². The van der Waals surface area contributed by atoms with Gasteiger partial charge in [0.15, 0.2) is 0 Å². The fourth-order valence-electron chi connectivity index (χ4n) is 1.83. The highest BCUT2D eigenvalue weighted by molar-refractivity contribution is 5.24. The Morgan fingerprint density at radius 1 is 1.31 bits per heavy atom. The van der Waals surface area contributed by atoms with Crippen LogP contribution in [0.5, 0.6) is 0 Å². The Morgan fingerprint density at radius 3 is 2.50 bits per heavy atom. The van der Waals surface area contributed by atoms with E-state index in [4.69, 9.17) is 10.5 Å².